The largest absolute Gasteiger partial charge is 0.367 e. The van der Waals surface area contributed by atoms with E-state index in [1.807, 2.05) is 48.5 Å². The first-order valence-corrected chi connectivity index (χ1v) is 7.10. The highest BCUT2D eigenvalue weighted by Gasteiger charge is 2.17. The van der Waals surface area contributed by atoms with Crippen molar-refractivity contribution in [3.05, 3.63) is 58.0 Å². The fraction of sp³-hybridized carbons (Fsp3) is 0. The summed E-state index contributed by atoms with van der Waals surface area (Å²) < 4.78 is 5.98. The Morgan fingerprint density at radius 2 is 1.80 bits per heavy atom. The summed E-state index contributed by atoms with van der Waals surface area (Å²) in [6.45, 7) is 0. The SMILES string of the molecule is Nc1onc(-c2ccc(Br)c(Cl)c2)c1-c1ccccc1. The maximum absolute atomic E-state index is 6.13. The van der Waals surface area contributed by atoms with Crippen molar-refractivity contribution in [3.63, 3.8) is 0 Å². The Morgan fingerprint density at radius 1 is 1.05 bits per heavy atom. The normalized spacial score (nSPS) is 10.7. The quantitative estimate of drug-likeness (QED) is 0.708. The smallest absolute Gasteiger partial charge is 0.230 e. The van der Waals surface area contributed by atoms with Crippen molar-refractivity contribution in [2.75, 3.05) is 5.73 Å². The van der Waals surface area contributed by atoms with Gasteiger partial charge in [0.25, 0.3) is 0 Å². The fourth-order valence-electron chi connectivity index (χ4n) is 2.03. The number of nitrogens with zero attached hydrogens (tertiary/aromatic N) is 1. The highest BCUT2D eigenvalue weighted by molar-refractivity contribution is 9.10. The van der Waals surface area contributed by atoms with Crippen LogP contribution < -0.4 is 5.73 Å². The Bertz CT molecular complexity index is 756. The lowest BCUT2D eigenvalue weighted by Crippen LogP contribution is -1.87. The Kier molecular flexibility index (Phi) is 3.51. The van der Waals surface area contributed by atoms with Crippen LogP contribution in [0.2, 0.25) is 5.02 Å². The van der Waals surface area contributed by atoms with E-state index in [-0.39, 0.29) is 0 Å². The Hall–Kier alpha value is -1.78. The molecule has 0 aliphatic heterocycles. The van der Waals surface area contributed by atoms with Gasteiger partial charge in [0.2, 0.25) is 5.88 Å². The van der Waals surface area contributed by atoms with Crippen molar-refractivity contribution < 1.29 is 4.52 Å². The van der Waals surface area contributed by atoms with Gasteiger partial charge in [0.05, 0.1) is 10.6 Å². The number of aromatic nitrogens is 1. The van der Waals surface area contributed by atoms with Gasteiger partial charge < -0.3 is 10.3 Å². The first-order chi connectivity index (χ1) is 9.66. The summed E-state index contributed by atoms with van der Waals surface area (Å²) in [5.74, 6) is 0.297. The van der Waals surface area contributed by atoms with Crippen LogP contribution in [0.25, 0.3) is 22.4 Å². The van der Waals surface area contributed by atoms with Gasteiger partial charge in [-0.25, -0.2) is 0 Å². The third-order valence-electron chi connectivity index (χ3n) is 2.97. The second-order valence-corrected chi connectivity index (χ2v) is 5.53. The molecule has 0 saturated heterocycles. The van der Waals surface area contributed by atoms with E-state index in [2.05, 4.69) is 21.1 Å². The van der Waals surface area contributed by atoms with Crippen LogP contribution >= 0.6 is 27.5 Å². The molecular formula is C15H10BrClN2O. The van der Waals surface area contributed by atoms with Crippen LogP contribution in [0.1, 0.15) is 0 Å². The lowest BCUT2D eigenvalue weighted by Gasteiger charge is -2.04. The molecule has 0 unspecified atom stereocenters. The molecule has 0 aliphatic carbocycles. The van der Waals surface area contributed by atoms with Crippen LogP contribution in [0.15, 0.2) is 57.5 Å². The number of anilines is 1. The molecule has 20 heavy (non-hydrogen) atoms. The molecule has 2 aromatic carbocycles. The van der Waals surface area contributed by atoms with Crippen LogP contribution in [0.5, 0.6) is 0 Å². The number of halogens is 2. The molecule has 5 heteroatoms. The second-order valence-electron chi connectivity index (χ2n) is 4.27. The molecule has 3 rings (SSSR count). The van der Waals surface area contributed by atoms with E-state index in [0.717, 1.165) is 21.2 Å². The Balaban J connectivity index is 2.18. The average molecular weight is 350 g/mol. The zero-order valence-electron chi connectivity index (χ0n) is 10.3. The summed E-state index contributed by atoms with van der Waals surface area (Å²) in [5.41, 5.74) is 9.19. The molecule has 1 aromatic heterocycles. The highest BCUT2D eigenvalue weighted by atomic mass is 79.9. The summed E-state index contributed by atoms with van der Waals surface area (Å²) in [6.07, 6.45) is 0. The van der Waals surface area contributed by atoms with Gasteiger partial charge in [-0.05, 0) is 33.6 Å². The first-order valence-electron chi connectivity index (χ1n) is 5.93. The zero-order valence-corrected chi connectivity index (χ0v) is 12.6. The van der Waals surface area contributed by atoms with E-state index in [9.17, 15) is 0 Å². The molecule has 2 N–H and O–H groups in total. The van der Waals surface area contributed by atoms with Crippen LogP contribution in [0, 0.1) is 0 Å². The van der Waals surface area contributed by atoms with Gasteiger partial charge in [0.15, 0.2) is 0 Å². The Morgan fingerprint density at radius 3 is 2.50 bits per heavy atom. The van der Waals surface area contributed by atoms with Crippen molar-refractivity contribution in [3.8, 4) is 22.4 Å². The number of nitrogens with two attached hydrogens (primary N) is 1. The molecule has 0 spiro atoms. The number of hydrogen-bond donors (Lipinski definition) is 1. The minimum Gasteiger partial charge on any atom is -0.367 e. The van der Waals surface area contributed by atoms with Gasteiger partial charge in [-0.15, -0.1) is 0 Å². The van der Waals surface area contributed by atoms with E-state index in [1.54, 1.807) is 0 Å². The molecule has 0 saturated carbocycles. The molecule has 0 aliphatic rings. The number of hydrogen-bond acceptors (Lipinski definition) is 3. The van der Waals surface area contributed by atoms with Gasteiger partial charge in [0, 0.05) is 10.0 Å². The van der Waals surface area contributed by atoms with Crippen LogP contribution in [-0.2, 0) is 0 Å². The average Bonchev–Trinajstić information content (AvgIpc) is 2.85. The fourth-order valence-corrected chi connectivity index (χ4v) is 2.45. The van der Waals surface area contributed by atoms with Crippen LogP contribution in [-0.4, -0.2) is 5.16 Å². The summed E-state index contributed by atoms with van der Waals surface area (Å²) >= 11 is 9.50. The van der Waals surface area contributed by atoms with Crippen LogP contribution in [0.3, 0.4) is 0 Å². The van der Waals surface area contributed by atoms with Crippen molar-refractivity contribution in [1.82, 2.24) is 5.16 Å². The molecule has 1 heterocycles. The molecule has 0 atom stereocenters. The van der Waals surface area contributed by atoms with Gasteiger partial charge in [-0.1, -0.05) is 53.2 Å². The van der Waals surface area contributed by atoms with Gasteiger partial charge in [0.1, 0.15) is 5.69 Å². The maximum atomic E-state index is 6.13. The van der Waals surface area contributed by atoms with Crippen molar-refractivity contribution in [2.45, 2.75) is 0 Å². The minimum absolute atomic E-state index is 0.297. The number of rotatable bonds is 2. The molecule has 3 nitrogen and oxygen atoms in total. The van der Waals surface area contributed by atoms with E-state index >= 15 is 0 Å². The van der Waals surface area contributed by atoms with E-state index in [0.29, 0.717) is 16.6 Å². The summed E-state index contributed by atoms with van der Waals surface area (Å²) in [5, 5.41) is 4.67. The predicted molar refractivity (Wildman–Crippen MR) is 84.5 cm³/mol. The lowest BCUT2D eigenvalue weighted by atomic mass is 10.0. The molecule has 0 bridgehead atoms. The third kappa shape index (κ3) is 2.32. The summed E-state index contributed by atoms with van der Waals surface area (Å²) in [4.78, 5) is 0. The topological polar surface area (TPSA) is 52.0 Å². The first kappa shape index (κ1) is 13.2. The monoisotopic (exact) mass is 348 g/mol. The second kappa shape index (κ2) is 5.31. The molecule has 3 aromatic rings. The zero-order chi connectivity index (χ0) is 14.1. The molecule has 0 fully saturated rings. The highest BCUT2D eigenvalue weighted by Crippen LogP contribution is 2.37. The molecule has 100 valence electrons. The van der Waals surface area contributed by atoms with Crippen molar-refractivity contribution in [2.24, 2.45) is 0 Å². The van der Waals surface area contributed by atoms with E-state index < -0.39 is 0 Å². The summed E-state index contributed by atoms with van der Waals surface area (Å²) in [7, 11) is 0. The third-order valence-corrected chi connectivity index (χ3v) is 4.21. The molecule has 0 amide bonds. The van der Waals surface area contributed by atoms with Crippen molar-refractivity contribution in [1.29, 1.82) is 0 Å². The standard InChI is InChI=1S/C15H10BrClN2O/c16-11-7-6-10(8-12(11)17)14-13(15(18)20-19-14)9-4-2-1-3-5-9/h1-8H,18H2. The Labute approximate surface area is 129 Å². The number of benzene rings is 2. The summed E-state index contributed by atoms with van der Waals surface area (Å²) in [6, 6.07) is 15.4. The minimum atomic E-state index is 0.297. The van der Waals surface area contributed by atoms with Crippen molar-refractivity contribution >= 4 is 33.4 Å². The van der Waals surface area contributed by atoms with Gasteiger partial charge in [-0.2, -0.15) is 0 Å². The maximum Gasteiger partial charge on any atom is 0.230 e. The number of nitrogen functional groups attached to an aromatic ring is 1. The van der Waals surface area contributed by atoms with E-state index in [4.69, 9.17) is 21.9 Å². The van der Waals surface area contributed by atoms with E-state index in [1.165, 1.54) is 0 Å². The molecule has 0 radical (unpaired) electrons. The van der Waals surface area contributed by atoms with Crippen LogP contribution in [0.4, 0.5) is 5.88 Å². The molecular weight excluding hydrogens is 340 g/mol. The van der Waals surface area contributed by atoms with Gasteiger partial charge >= 0.3 is 0 Å². The van der Waals surface area contributed by atoms with Gasteiger partial charge in [-0.3, -0.25) is 0 Å². The predicted octanol–water partition coefficient (Wildman–Crippen LogP) is 5.01. The lowest BCUT2D eigenvalue weighted by molar-refractivity contribution is 0.439.